The summed E-state index contributed by atoms with van der Waals surface area (Å²) in [7, 11) is 1.72. The van der Waals surface area contributed by atoms with Crippen molar-refractivity contribution in [2.45, 2.75) is 45.2 Å². The van der Waals surface area contributed by atoms with Crippen LogP contribution in [-0.4, -0.2) is 31.8 Å². The maximum Gasteiger partial charge on any atom is 0.135 e. The minimum Gasteiger partial charge on any atom is -0.495 e. The monoisotopic (exact) mass is 340 g/mol. The Morgan fingerprint density at radius 2 is 2.20 bits per heavy atom. The van der Waals surface area contributed by atoms with Gasteiger partial charge in [-0.1, -0.05) is 13.8 Å². The van der Waals surface area contributed by atoms with Crippen molar-refractivity contribution in [2.24, 2.45) is 0 Å². The summed E-state index contributed by atoms with van der Waals surface area (Å²) >= 11 is 3.53. The van der Waals surface area contributed by atoms with Crippen molar-refractivity contribution in [3.63, 3.8) is 0 Å². The topological polar surface area (TPSA) is 24.5 Å². The number of halogens is 1. The number of anilines is 1. The molecule has 1 heterocycles. The molecule has 0 spiro atoms. The highest BCUT2D eigenvalue weighted by Crippen LogP contribution is 2.33. The number of nitrogens with one attached hydrogen (secondary N) is 1. The van der Waals surface area contributed by atoms with E-state index in [1.165, 1.54) is 5.69 Å². The first-order chi connectivity index (χ1) is 9.53. The molecule has 1 aromatic rings. The lowest BCUT2D eigenvalue weighted by Crippen LogP contribution is -2.62. The third kappa shape index (κ3) is 3.12. The van der Waals surface area contributed by atoms with Gasteiger partial charge in [-0.25, -0.2) is 0 Å². The Hall–Kier alpha value is -0.740. The molecule has 2 rings (SSSR count). The zero-order chi connectivity index (χ0) is 14.8. The second-order valence-corrected chi connectivity index (χ2v) is 6.66. The van der Waals surface area contributed by atoms with Crippen LogP contribution < -0.4 is 15.0 Å². The molecule has 4 heteroatoms. The first kappa shape index (κ1) is 15.6. The summed E-state index contributed by atoms with van der Waals surface area (Å²) in [5.74, 6) is 0.897. The molecule has 0 amide bonds. The van der Waals surface area contributed by atoms with Gasteiger partial charge in [-0.05, 0) is 47.8 Å². The number of ether oxygens (including phenoxy) is 1. The van der Waals surface area contributed by atoms with E-state index < -0.39 is 0 Å². The molecule has 0 radical (unpaired) electrons. The van der Waals surface area contributed by atoms with Gasteiger partial charge >= 0.3 is 0 Å². The van der Waals surface area contributed by atoms with Crippen LogP contribution in [0.5, 0.6) is 5.75 Å². The largest absolute Gasteiger partial charge is 0.495 e. The summed E-state index contributed by atoms with van der Waals surface area (Å²) in [5.41, 5.74) is 1.43. The SMILES string of the molecule is CCC1CNC(C)(CC)CN1c1ccc(Br)c(OC)c1. The first-order valence-electron chi connectivity index (χ1n) is 7.38. The van der Waals surface area contributed by atoms with Crippen LogP contribution in [0.25, 0.3) is 0 Å². The predicted octanol–water partition coefficient (Wildman–Crippen LogP) is 3.81. The zero-order valence-corrected chi connectivity index (χ0v) is 14.5. The lowest BCUT2D eigenvalue weighted by molar-refractivity contribution is 0.276. The molecule has 2 unspecified atom stereocenters. The number of hydrogen-bond donors (Lipinski definition) is 1. The number of rotatable bonds is 4. The van der Waals surface area contributed by atoms with E-state index >= 15 is 0 Å². The molecule has 112 valence electrons. The molecule has 0 aliphatic carbocycles. The maximum atomic E-state index is 5.43. The molecule has 20 heavy (non-hydrogen) atoms. The maximum absolute atomic E-state index is 5.43. The normalized spacial score (nSPS) is 26.6. The van der Waals surface area contributed by atoms with Gasteiger partial charge in [-0.3, -0.25) is 0 Å². The van der Waals surface area contributed by atoms with Crippen LogP contribution in [0.4, 0.5) is 5.69 Å². The molecular formula is C16H25BrN2O. The number of methoxy groups -OCH3 is 1. The Bertz CT molecular complexity index is 466. The summed E-state index contributed by atoms with van der Waals surface area (Å²) in [6.45, 7) is 8.89. The molecular weight excluding hydrogens is 316 g/mol. The van der Waals surface area contributed by atoms with Gasteiger partial charge in [-0.2, -0.15) is 0 Å². The highest BCUT2D eigenvalue weighted by molar-refractivity contribution is 9.10. The van der Waals surface area contributed by atoms with E-state index in [1.54, 1.807) is 7.11 Å². The van der Waals surface area contributed by atoms with Crippen molar-refractivity contribution >= 4 is 21.6 Å². The third-order valence-corrected chi connectivity index (χ3v) is 5.10. The Labute approximate surface area is 130 Å². The molecule has 1 saturated heterocycles. The van der Waals surface area contributed by atoms with Gasteiger partial charge in [0, 0.05) is 36.4 Å². The lowest BCUT2D eigenvalue weighted by Gasteiger charge is -2.47. The van der Waals surface area contributed by atoms with Gasteiger partial charge in [0.2, 0.25) is 0 Å². The molecule has 0 bridgehead atoms. The van der Waals surface area contributed by atoms with Gasteiger partial charge in [0.05, 0.1) is 11.6 Å². The van der Waals surface area contributed by atoms with Crippen molar-refractivity contribution in [1.82, 2.24) is 5.32 Å². The smallest absolute Gasteiger partial charge is 0.135 e. The molecule has 0 aromatic heterocycles. The number of hydrogen-bond acceptors (Lipinski definition) is 3. The summed E-state index contributed by atoms with van der Waals surface area (Å²) in [5, 5.41) is 3.70. The van der Waals surface area contributed by atoms with E-state index in [2.05, 4.69) is 65.1 Å². The van der Waals surface area contributed by atoms with E-state index in [4.69, 9.17) is 4.74 Å². The van der Waals surface area contributed by atoms with Crippen molar-refractivity contribution in [3.8, 4) is 5.75 Å². The fraction of sp³-hybridized carbons (Fsp3) is 0.625. The van der Waals surface area contributed by atoms with E-state index in [0.29, 0.717) is 6.04 Å². The Morgan fingerprint density at radius 1 is 1.45 bits per heavy atom. The third-order valence-electron chi connectivity index (χ3n) is 4.44. The average molecular weight is 341 g/mol. The van der Waals surface area contributed by atoms with Crippen molar-refractivity contribution < 1.29 is 4.74 Å². The predicted molar refractivity (Wildman–Crippen MR) is 88.8 cm³/mol. The average Bonchev–Trinajstić information content (AvgIpc) is 2.48. The van der Waals surface area contributed by atoms with Crippen LogP contribution in [-0.2, 0) is 0 Å². The molecule has 1 N–H and O–H groups in total. The molecule has 0 saturated carbocycles. The van der Waals surface area contributed by atoms with Crippen LogP contribution in [0.15, 0.2) is 22.7 Å². The van der Waals surface area contributed by atoms with Gasteiger partial charge in [0.25, 0.3) is 0 Å². The van der Waals surface area contributed by atoms with Gasteiger partial charge < -0.3 is 15.0 Å². The molecule has 3 nitrogen and oxygen atoms in total. The standard InChI is InChI=1S/C16H25BrN2O/c1-5-12-10-18-16(3,6-2)11-19(12)13-7-8-14(17)15(9-13)20-4/h7-9,12,18H,5-6,10-11H2,1-4H3. The number of nitrogens with zero attached hydrogens (tertiary/aromatic N) is 1. The Balaban J connectivity index is 2.31. The molecule has 2 atom stereocenters. The summed E-state index contributed by atoms with van der Waals surface area (Å²) in [6, 6.07) is 6.93. The molecule has 1 aliphatic rings. The van der Waals surface area contributed by atoms with Gasteiger partial charge in [0.15, 0.2) is 0 Å². The van der Waals surface area contributed by atoms with Crippen LogP contribution in [0.1, 0.15) is 33.6 Å². The van der Waals surface area contributed by atoms with Crippen molar-refractivity contribution in [2.75, 3.05) is 25.1 Å². The Morgan fingerprint density at radius 3 is 2.80 bits per heavy atom. The fourth-order valence-corrected chi connectivity index (χ4v) is 3.17. The second-order valence-electron chi connectivity index (χ2n) is 5.80. The van der Waals surface area contributed by atoms with Crippen LogP contribution >= 0.6 is 15.9 Å². The van der Waals surface area contributed by atoms with E-state index in [9.17, 15) is 0 Å². The molecule has 1 aliphatic heterocycles. The fourth-order valence-electron chi connectivity index (χ4n) is 2.77. The first-order valence-corrected chi connectivity index (χ1v) is 8.17. The van der Waals surface area contributed by atoms with Gasteiger partial charge in [-0.15, -0.1) is 0 Å². The minimum atomic E-state index is 0.186. The van der Waals surface area contributed by atoms with E-state index in [1.807, 2.05) is 0 Å². The van der Waals surface area contributed by atoms with Crippen LogP contribution in [0, 0.1) is 0 Å². The van der Waals surface area contributed by atoms with Crippen LogP contribution in [0.2, 0.25) is 0 Å². The van der Waals surface area contributed by atoms with E-state index in [-0.39, 0.29) is 5.54 Å². The summed E-state index contributed by atoms with van der Waals surface area (Å²) < 4.78 is 6.44. The lowest BCUT2D eigenvalue weighted by atomic mass is 9.92. The minimum absolute atomic E-state index is 0.186. The molecule has 1 aromatic carbocycles. The number of piperazine rings is 1. The van der Waals surface area contributed by atoms with Crippen LogP contribution in [0.3, 0.4) is 0 Å². The zero-order valence-electron chi connectivity index (χ0n) is 12.9. The number of benzene rings is 1. The van der Waals surface area contributed by atoms with Gasteiger partial charge in [0.1, 0.15) is 5.75 Å². The quantitative estimate of drug-likeness (QED) is 0.901. The summed E-state index contributed by atoms with van der Waals surface area (Å²) in [4.78, 5) is 2.52. The highest BCUT2D eigenvalue weighted by Gasteiger charge is 2.34. The van der Waals surface area contributed by atoms with Crippen molar-refractivity contribution in [3.05, 3.63) is 22.7 Å². The second kappa shape index (κ2) is 6.35. The highest BCUT2D eigenvalue weighted by atomic mass is 79.9. The van der Waals surface area contributed by atoms with E-state index in [0.717, 1.165) is 36.2 Å². The molecule has 1 fully saturated rings. The van der Waals surface area contributed by atoms with Crippen molar-refractivity contribution in [1.29, 1.82) is 0 Å². The Kier molecular flexibility index (Phi) is 4.97. The summed E-state index contributed by atoms with van der Waals surface area (Å²) in [6.07, 6.45) is 2.28.